The van der Waals surface area contributed by atoms with E-state index in [0.29, 0.717) is 29.5 Å². The molecule has 3 aromatic rings. The van der Waals surface area contributed by atoms with E-state index >= 15 is 0 Å². The highest BCUT2D eigenvalue weighted by molar-refractivity contribution is 6.31. The Morgan fingerprint density at radius 1 is 1.07 bits per heavy atom. The van der Waals surface area contributed by atoms with Crippen LogP contribution in [0.3, 0.4) is 0 Å². The number of methoxy groups -OCH3 is 1. The largest absolute Gasteiger partial charge is 0.497 e. The normalized spacial score (nSPS) is 10.3. The van der Waals surface area contributed by atoms with Crippen LogP contribution in [0.4, 0.5) is 5.82 Å². The number of nitrogens with zero attached hydrogens (tertiary/aromatic N) is 1. The number of pyridine rings is 1. The van der Waals surface area contributed by atoms with Gasteiger partial charge in [-0.2, -0.15) is 0 Å². The summed E-state index contributed by atoms with van der Waals surface area (Å²) in [4.78, 5) is 16.7. The molecule has 0 radical (unpaired) electrons. The molecule has 0 spiro atoms. The van der Waals surface area contributed by atoms with Gasteiger partial charge in [-0.3, -0.25) is 4.79 Å². The van der Waals surface area contributed by atoms with Gasteiger partial charge in [-0.15, -0.1) is 0 Å². The molecule has 0 saturated carbocycles. The van der Waals surface area contributed by atoms with Crippen LogP contribution >= 0.6 is 11.6 Å². The predicted octanol–water partition coefficient (Wildman–Crippen LogP) is 4.29. The number of amides is 1. The minimum Gasteiger partial charge on any atom is -0.497 e. The summed E-state index contributed by atoms with van der Waals surface area (Å²) in [6.45, 7) is 0.969. The molecule has 0 unspecified atom stereocenters. The van der Waals surface area contributed by atoms with Crippen LogP contribution in [-0.2, 0) is 13.1 Å². The number of aromatic nitrogens is 1. The first-order valence-corrected chi connectivity index (χ1v) is 8.88. The number of hydrogen-bond acceptors (Lipinski definition) is 4. The molecule has 0 bridgehead atoms. The van der Waals surface area contributed by atoms with Crippen molar-refractivity contribution < 1.29 is 9.53 Å². The number of ether oxygens (including phenoxy) is 1. The molecular formula is C21H20ClN3O2. The fourth-order valence-corrected chi connectivity index (χ4v) is 2.73. The van der Waals surface area contributed by atoms with Gasteiger partial charge in [-0.25, -0.2) is 4.98 Å². The van der Waals surface area contributed by atoms with Crippen molar-refractivity contribution in [2.45, 2.75) is 13.1 Å². The summed E-state index contributed by atoms with van der Waals surface area (Å²) in [6, 6.07) is 18.6. The van der Waals surface area contributed by atoms with Gasteiger partial charge in [0.1, 0.15) is 11.6 Å². The van der Waals surface area contributed by atoms with Crippen molar-refractivity contribution in [2.24, 2.45) is 0 Å². The van der Waals surface area contributed by atoms with Crippen LogP contribution in [-0.4, -0.2) is 18.0 Å². The van der Waals surface area contributed by atoms with E-state index in [1.807, 2.05) is 42.5 Å². The van der Waals surface area contributed by atoms with E-state index in [-0.39, 0.29) is 5.91 Å². The van der Waals surface area contributed by atoms with Crippen molar-refractivity contribution in [1.82, 2.24) is 10.3 Å². The Kier molecular flexibility index (Phi) is 6.28. The number of anilines is 1. The molecule has 0 saturated heterocycles. The highest BCUT2D eigenvalue weighted by Gasteiger charge is 2.08. The Morgan fingerprint density at radius 2 is 1.85 bits per heavy atom. The Bertz CT molecular complexity index is 913. The van der Waals surface area contributed by atoms with Crippen LogP contribution in [0.2, 0.25) is 5.02 Å². The van der Waals surface area contributed by atoms with Crippen molar-refractivity contribution in [3.8, 4) is 5.75 Å². The quantitative estimate of drug-likeness (QED) is 0.641. The Hall–Kier alpha value is -3.05. The first kappa shape index (κ1) is 18.7. The van der Waals surface area contributed by atoms with Crippen molar-refractivity contribution in [1.29, 1.82) is 0 Å². The second-order valence-corrected chi connectivity index (χ2v) is 6.31. The van der Waals surface area contributed by atoms with Crippen molar-refractivity contribution in [3.05, 3.63) is 88.6 Å². The van der Waals surface area contributed by atoms with E-state index in [9.17, 15) is 4.79 Å². The molecule has 2 aromatic carbocycles. The van der Waals surface area contributed by atoms with E-state index in [0.717, 1.165) is 16.9 Å². The minimum absolute atomic E-state index is 0.176. The molecule has 0 fully saturated rings. The van der Waals surface area contributed by atoms with Crippen LogP contribution in [0.15, 0.2) is 66.9 Å². The average molecular weight is 382 g/mol. The predicted molar refractivity (Wildman–Crippen MR) is 107 cm³/mol. The molecule has 1 aromatic heterocycles. The van der Waals surface area contributed by atoms with Crippen LogP contribution in [0.25, 0.3) is 0 Å². The summed E-state index contributed by atoms with van der Waals surface area (Å²) in [5.74, 6) is 1.27. The molecule has 2 N–H and O–H groups in total. The molecular weight excluding hydrogens is 362 g/mol. The molecule has 5 nitrogen and oxygen atoms in total. The lowest BCUT2D eigenvalue weighted by molar-refractivity contribution is 0.0951. The summed E-state index contributed by atoms with van der Waals surface area (Å²) in [7, 11) is 1.64. The van der Waals surface area contributed by atoms with Gasteiger partial charge in [-0.1, -0.05) is 41.9 Å². The summed E-state index contributed by atoms with van der Waals surface area (Å²) in [5.41, 5.74) is 2.50. The molecule has 6 heteroatoms. The zero-order valence-electron chi connectivity index (χ0n) is 14.9. The summed E-state index contributed by atoms with van der Waals surface area (Å²) in [6.07, 6.45) is 1.61. The molecule has 0 atom stereocenters. The van der Waals surface area contributed by atoms with Crippen LogP contribution < -0.4 is 15.4 Å². The first-order chi connectivity index (χ1) is 13.2. The molecule has 0 aliphatic heterocycles. The SMILES string of the molecule is COc1ccc(CNc2cc(C(=O)NCc3ccccc3Cl)ccn2)cc1. The fourth-order valence-electron chi connectivity index (χ4n) is 2.52. The number of carbonyl (C=O) groups is 1. The monoisotopic (exact) mass is 381 g/mol. The molecule has 0 aliphatic carbocycles. The van der Waals surface area contributed by atoms with Gasteiger partial charge in [-0.05, 0) is 41.5 Å². The zero-order chi connectivity index (χ0) is 19.1. The zero-order valence-corrected chi connectivity index (χ0v) is 15.7. The number of nitrogens with one attached hydrogen (secondary N) is 2. The Morgan fingerprint density at radius 3 is 2.59 bits per heavy atom. The van der Waals surface area contributed by atoms with Gasteiger partial charge in [0.2, 0.25) is 0 Å². The third-order valence-corrected chi connectivity index (χ3v) is 4.42. The lowest BCUT2D eigenvalue weighted by Crippen LogP contribution is -2.23. The van der Waals surface area contributed by atoms with Gasteiger partial charge in [0.25, 0.3) is 5.91 Å². The van der Waals surface area contributed by atoms with Crippen molar-refractivity contribution in [3.63, 3.8) is 0 Å². The maximum atomic E-state index is 12.4. The third kappa shape index (κ3) is 5.21. The van der Waals surface area contributed by atoms with Crippen molar-refractivity contribution in [2.75, 3.05) is 12.4 Å². The van der Waals surface area contributed by atoms with Crippen LogP contribution in [0.1, 0.15) is 21.5 Å². The lowest BCUT2D eigenvalue weighted by Gasteiger charge is -2.09. The maximum absolute atomic E-state index is 12.4. The van der Waals surface area contributed by atoms with E-state index in [2.05, 4.69) is 15.6 Å². The first-order valence-electron chi connectivity index (χ1n) is 8.50. The number of hydrogen-bond donors (Lipinski definition) is 2. The number of rotatable bonds is 7. The van der Waals surface area contributed by atoms with E-state index in [4.69, 9.17) is 16.3 Å². The molecule has 3 rings (SSSR count). The second-order valence-electron chi connectivity index (χ2n) is 5.91. The Labute approximate surface area is 163 Å². The number of halogens is 1. The van der Waals surface area contributed by atoms with Gasteiger partial charge >= 0.3 is 0 Å². The molecule has 1 heterocycles. The van der Waals surface area contributed by atoms with Crippen LogP contribution in [0.5, 0.6) is 5.75 Å². The Balaban J connectivity index is 1.58. The highest BCUT2D eigenvalue weighted by Crippen LogP contribution is 2.15. The second kappa shape index (κ2) is 9.05. The topological polar surface area (TPSA) is 63.2 Å². The van der Waals surface area contributed by atoms with E-state index in [1.54, 1.807) is 31.5 Å². The van der Waals surface area contributed by atoms with Gasteiger partial charge in [0.15, 0.2) is 0 Å². The third-order valence-electron chi connectivity index (χ3n) is 4.05. The molecule has 0 aliphatic rings. The molecule has 138 valence electrons. The van der Waals surface area contributed by atoms with Crippen LogP contribution in [0, 0.1) is 0 Å². The molecule has 27 heavy (non-hydrogen) atoms. The van der Waals surface area contributed by atoms with Gasteiger partial charge in [0.05, 0.1) is 7.11 Å². The standard InChI is InChI=1S/C21H20ClN3O2/c1-27-18-8-6-15(7-9-18)13-24-20-12-16(10-11-23-20)21(26)25-14-17-4-2-3-5-19(17)22/h2-12H,13-14H2,1H3,(H,23,24)(H,25,26). The minimum atomic E-state index is -0.176. The number of carbonyl (C=O) groups excluding carboxylic acids is 1. The van der Waals surface area contributed by atoms with Crippen molar-refractivity contribution >= 4 is 23.3 Å². The number of benzene rings is 2. The van der Waals surface area contributed by atoms with E-state index < -0.39 is 0 Å². The van der Waals surface area contributed by atoms with E-state index in [1.165, 1.54) is 0 Å². The smallest absolute Gasteiger partial charge is 0.251 e. The van der Waals surface area contributed by atoms with Gasteiger partial charge < -0.3 is 15.4 Å². The summed E-state index contributed by atoms with van der Waals surface area (Å²) >= 11 is 6.12. The molecule has 1 amide bonds. The average Bonchev–Trinajstić information content (AvgIpc) is 2.72. The summed E-state index contributed by atoms with van der Waals surface area (Å²) < 4.78 is 5.15. The van der Waals surface area contributed by atoms with Gasteiger partial charge in [0, 0.05) is 29.9 Å². The maximum Gasteiger partial charge on any atom is 0.251 e. The highest BCUT2D eigenvalue weighted by atomic mass is 35.5. The lowest BCUT2D eigenvalue weighted by atomic mass is 10.2. The fraction of sp³-hybridized carbons (Fsp3) is 0.143. The summed E-state index contributed by atoms with van der Waals surface area (Å²) in [5, 5.41) is 6.73.